The third kappa shape index (κ3) is 4.02. The van der Waals surface area contributed by atoms with Gasteiger partial charge in [0.1, 0.15) is 11.4 Å². The molecule has 1 aliphatic carbocycles. The lowest BCUT2D eigenvalue weighted by atomic mass is 9.77. The predicted molar refractivity (Wildman–Crippen MR) is 127 cm³/mol. The third-order valence-corrected chi connectivity index (χ3v) is 6.06. The fourth-order valence-corrected chi connectivity index (χ4v) is 4.60. The summed E-state index contributed by atoms with van der Waals surface area (Å²) in [7, 11) is 0. The standard InChI is InChI=1S/C26H24N6O2/c1-15-9-19(10-16(2)28-15)22-23(18-6-4-5-17(11-18)14-27)31-32-8-7-21(30-24(22)32)25(33)29-20-12-26(3,34)13-20/h4-11,20,34H,12-13H2,1-3H3,(H,29,33). The Morgan fingerprint density at radius 3 is 2.56 bits per heavy atom. The predicted octanol–water partition coefficient (Wildman–Crippen LogP) is 3.59. The first kappa shape index (κ1) is 21.7. The van der Waals surface area contributed by atoms with Crippen LogP contribution >= 0.6 is 0 Å². The minimum Gasteiger partial charge on any atom is -0.390 e. The van der Waals surface area contributed by atoms with Gasteiger partial charge in [-0.3, -0.25) is 9.78 Å². The van der Waals surface area contributed by atoms with Crippen molar-refractivity contribution >= 4 is 11.6 Å². The molecule has 0 saturated heterocycles. The van der Waals surface area contributed by atoms with E-state index in [2.05, 4.69) is 21.4 Å². The summed E-state index contributed by atoms with van der Waals surface area (Å²) in [6.45, 7) is 5.62. The van der Waals surface area contributed by atoms with Crippen molar-refractivity contribution in [3.63, 3.8) is 0 Å². The third-order valence-electron chi connectivity index (χ3n) is 6.06. The molecule has 1 aliphatic rings. The number of pyridine rings is 1. The number of benzene rings is 1. The van der Waals surface area contributed by atoms with E-state index in [1.54, 1.807) is 35.8 Å². The molecule has 1 fully saturated rings. The lowest BCUT2D eigenvalue weighted by molar-refractivity contribution is -0.0367. The first-order valence-electron chi connectivity index (χ1n) is 11.1. The molecule has 3 aromatic heterocycles. The molecule has 3 heterocycles. The van der Waals surface area contributed by atoms with Gasteiger partial charge in [0.15, 0.2) is 5.65 Å². The summed E-state index contributed by atoms with van der Waals surface area (Å²) in [4.78, 5) is 22.1. The van der Waals surface area contributed by atoms with Gasteiger partial charge in [-0.25, -0.2) is 9.50 Å². The summed E-state index contributed by atoms with van der Waals surface area (Å²) in [5.41, 5.74) is 5.45. The molecule has 8 nitrogen and oxygen atoms in total. The molecule has 0 radical (unpaired) electrons. The fourth-order valence-electron chi connectivity index (χ4n) is 4.60. The van der Waals surface area contributed by atoms with E-state index < -0.39 is 5.60 Å². The summed E-state index contributed by atoms with van der Waals surface area (Å²) < 4.78 is 1.65. The highest BCUT2D eigenvalue weighted by Crippen LogP contribution is 2.35. The van der Waals surface area contributed by atoms with Crippen LogP contribution in [0.2, 0.25) is 0 Å². The van der Waals surface area contributed by atoms with Crippen molar-refractivity contribution in [2.24, 2.45) is 0 Å². The second-order valence-electron chi connectivity index (χ2n) is 9.21. The zero-order chi connectivity index (χ0) is 24.0. The molecule has 170 valence electrons. The van der Waals surface area contributed by atoms with E-state index in [1.165, 1.54) is 0 Å². The number of aliphatic hydroxyl groups is 1. The second kappa shape index (κ2) is 8.04. The number of nitrogens with one attached hydrogen (secondary N) is 1. The molecule has 4 aromatic rings. The average Bonchev–Trinajstić information content (AvgIpc) is 3.16. The molecule has 0 bridgehead atoms. The molecule has 1 amide bonds. The van der Waals surface area contributed by atoms with E-state index in [-0.39, 0.29) is 17.6 Å². The van der Waals surface area contributed by atoms with Crippen molar-refractivity contribution < 1.29 is 9.90 Å². The van der Waals surface area contributed by atoms with Gasteiger partial charge < -0.3 is 10.4 Å². The number of aryl methyl sites for hydroxylation is 2. The van der Waals surface area contributed by atoms with Crippen molar-refractivity contribution in [1.82, 2.24) is 24.9 Å². The van der Waals surface area contributed by atoms with E-state index in [0.717, 1.165) is 28.1 Å². The molecule has 1 aromatic carbocycles. The van der Waals surface area contributed by atoms with Crippen LogP contribution in [0.3, 0.4) is 0 Å². The maximum absolute atomic E-state index is 12.9. The van der Waals surface area contributed by atoms with Crippen LogP contribution in [0.5, 0.6) is 0 Å². The molecule has 0 aliphatic heterocycles. The van der Waals surface area contributed by atoms with Gasteiger partial charge in [-0.05, 0) is 69.5 Å². The van der Waals surface area contributed by atoms with E-state index in [4.69, 9.17) is 5.10 Å². The highest BCUT2D eigenvalue weighted by atomic mass is 16.3. The van der Waals surface area contributed by atoms with Crippen LogP contribution in [0.25, 0.3) is 28.0 Å². The number of hydrogen-bond donors (Lipinski definition) is 2. The number of fused-ring (bicyclic) bond motifs is 1. The number of aromatic nitrogens is 4. The fraction of sp³-hybridized carbons (Fsp3) is 0.269. The van der Waals surface area contributed by atoms with Crippen LogP contribution in [0.1, 0.15) is 47.2 Å². The molecular formula is C26H24N6O2. The molecule has 5 rings (SSSR count). The van der Waals surface area contributed by atoms with Gasteiger partial charge in [-0.2, -0.15) is 10.4 Å². The van der Waals surface area contributed by atoms with Crippen molar-refractivity contribution in [1.29, 1.82) is 5.26 Å². The Hall–Kier alpha value is -4.09. The molecule has 8 heteroatoms. The topological polar surface area (TPSA) is 116 Å². The minimum absolute atomic E-state index is 0.0697. The molecule has 2 N–H and O–H groups in total. The van der Waals surface area contributed by atoms with Crippen molar-refractivity contribution in [3.8, 4) is 28.5 Å². The molecule has 0 atom stereocenters. The van der Waals surface area contributed by atoms with E-state index >= 15 is 0 Å². The van der Waals surface area contributed by atoms with Gasteiger partial charge in [0.2, 0.25) is 0 Å². The highest BCUT2D eigenvalue weighted by Gasteiger charge is 2.39. The Bertz CT molecular complexity index is 1450. The SMILES string of the molecule is Cc1cc(-c2c(-c3cccc(C#N)c3)nn3ccc(C(=O)NC4CC(C)(O)C4)nc23)cc(C)n1. The lowest BCUT2D eigenvalue weighted by Gasteiger charge is -2.41. The van der Waals surface area contributed by atoms with Gasteiger partial charge in [0.25, 0.3) is 5.91 Å². The van der Waals surface area contributed by atoms with Crippen LogP contribution < -0.4 is 5.32 Å². The van der Waals surface area contributed by atoms with Gasteiger partial charge in [-0.15, -0.1) is 0 Å². The Labute approximate surface area is 196 Å². The van der Waals surface area contributed by atoms with Gasteiger partial charge in [-0.1, -0.05) is 12.1 Å². The number of nitriles is 1. The number of nitrogens with zero attached hydrogens (tertiary/aromatic N) is 5. The smallest absolute Gasteiger partial charge is 0.270 e. The Morgan fingerprint density at radius 1 is 1.15 bits per heavy atom. The van der Waals surface area contributed by atoms with Gasteiger partial charge in [0.05, 0.1) is 22.8 Å². The zero-order valence-corrected chi connectivity index (χ0v) is 19.2. The van der Waals surface area contributed by atoms with E-state index in [0.29, 0.717) is 29.7 Å². The molecule has 0 spiro atoms. The van der Waals surface area contributed by atoms with Crippen molar-refractivity contribution in [2.45, 2.75) is 45.3 Å². The Morgan fingerprint density at radius 2 is 1.88 bits per heavy atom. The summed E-state index contributed by atoms with van der Waals surface area (Å²) >= 11 is 0. The Balaban J connectivity index is 1.64. The second-order valence-corrected chi connectivity index (χ2v) is 9.21. The van der Waals surface area contributed by atoms with Gasteiger partial charge >= 0.3 is 0 Å². The largest absolute Gasteiger partial charge is 0.390 e. The normalized spacial score (nSPS) is 19.4. The average molecular weight is 453 g/mol. The van der Waals surface area contributed by atoms with Crippen LogP contribution in [0, 0.1) is 25.2 Å². The quantitative estimate of drug-likeness (QED) is 0.489. The first-order valence-corrected chi connectivity index (χ1v) is 11.1. The maximum Gasteiger partial charge on any atom is 0.270 e. The summed E-state index contributed by atoms with van der Waals surface area (Å²) in [5, 5.41) is 27.0. The number of hydrogen-bond acceptors (Lipinski definition) is 6. The highest BCUT2D eigenvalue weighted by molar-refractivity contribution is 5.95. The molecular weight excluding hydrogens is 428 g/mol. The van der Waals surface area contributed by atoms with Crippen LogP contribution in [0.4, 0.5) is 0 Å². The summed E-state index contributed by atoms with van der Waals surface area (Å²) in [6, 6.07) is 14.9. The molecule has 34 heavy (non-hydrogen) atoms. The number of carbonyl (C=O) groups is 1. The number of amides is 1. The number of carbonyl (C=O) groups excluding carboxylic acids is 1. The summed E-state index contributed by atoms with van der Waals surface area (Å²) in [5.74, 6) is -0.287. The lowest BCUT2D eigenvalue weighted by Crippen LogP contribution is -2.53. The molecule has 0 unspecified atom stereocenters. The van der Waals surface area contributed by atoms with Crippen molar-refractivity contribution in [3.05, 3.63) is 71.3 Å². The zero-order valence-electron chi connectivity index (χ0n) is 19.2. The van der Waals surface area contributed by atoms with Crippen LogP contribution in [-0.2, 0) is 0 Å². The first-order chi connectivity index (χ1) is 16.2. The summed E-state index contributed by atoms with van der Waals surface area (Å²) in [6.07, 6.45) is 2.76. The number of rotatable bonds is 4. The maximum atomic E-state index is 12.9. The minimum atomic E-state index is -0.724. The monoisotopic (exact) mass is 452 g/mol. The Kier molecular flexibility index (Phi) is 5.14. The van der Waals surface area contributed by atoms with Gasteiger partial charge in [0, 0.05) is 29.2 Å². The van der Waals surface area contributed by atoms with Crippen molar-refractivity contribution in [2.75, 3.05) is 0 Å². The van der Waals surface area contributed by atoms with E-state index in [9.17, 15) is 15.2 Å². The van der Waals surface area contributed by atoms with Crippen LogP contribution in [-0.4, -0.2) is 42.2 Å². The van der Waals surface area contributed by atoms with E-state index in [1.807, 2.05) is 38.1 Å². The van der Waals surface area contributed by atoms with Crippen LogP contribution in [0.15, 0.2) is 48.7 Å². The molecule has 1 saturated carbocycles.